The minimum atomic E-state index is -0.128. The molecule has 0 aliphatic carbocycles. The van der Waals surface area contributed by atoms with Crippen molar-refractivity contribution in [1.82, 2.24) is 15.3 Å². The molecule has 3 N–H and O–H groups in total. The highest BCUT2D eigenvalue weighted by Gasteiger charge is 2.10. The smallest absolute Gasteiger partial charge is 0.270 e. The quantitative estimate of drug-likeness (QED) is 0.814. The largest absolute Gasteiger partial charge is 0.350 e. The average Bonchev–Trinajstić information content (AvgIpc) is 3.08. The minimum absolute atomic E-state index is 0.128. The van der Waals surface area contributed by atoms with Gasteiger partial charge in [-0.3, -0.25) is 4.79 Å². The topological polar surface area (TPSA) is 80.9 Å². The average molecular weight is 310 g/mol. The van der Waals surface area contributed by atoms with Gasteiger partial charge in [0.25, 0.3) is 5.91 Å². The number of carbonyl (C=O) groups is 1. The number of nitrogens with one attached hydrogen (secondary N) is 1. The number of hydrogen-bond acceptors (Lipinski definition) is 6. The third-order valence-electron chi connectivity index (χ3n) is 2.72. The molecular formula is C13H18N4OS2. The fraction of sp³-hybridized carbons (Fsp3) is 0.462. The molecule has 20 heavy (non-hydrogen) atoms. The summed E-state index contributed by atoms with van der Waals surface area (Å²) in [6, 6.07) is 0. The molecule has 0 aromatic carbocycles. The molecule has 2 rings (SSSR count). The Morgan fingerprint density at radius 1 is 1.40 bits per heavy atom. The first-order chi connectivity index (χ1) is 9.72. The maximum atomic E-state index is 11.9. The van der Waals surface area contributed by atoms with E-state index in [2.05, 4.69) is 22.2 Å². The Kier molecular flexibility index (Phi) is 5.63. The number of aromatic nitrogens is 2. The Morgan fingerprint density at radius 3 is 2.95 bits per heavy atom. The standard InChI is InChI=1S/C13H18N4OS2/c1-2-9-7-16-11(20-9)4-6-15-13(18)10-8-19-12(17-10)3-5-14/h7-8H,2-6,14H2,1H3,(H,15,18). The van der Waals surface area contributed by atoms with Crippen LogP contribution >= 0.6 is 22.7 Å². The Balaban J connectivity index is 1.79. The molecule has 2 aromatic heterocycles. The summed E-state index contributed by atoms with van der Waals surface area (Å²) in [6.45, 7) is 3.25. The van der Waals surface area contributed by atoms with Crippen LogP contribution in [-0.4, -0.2) is 29.0 Å². The van der Waals surface area contributed by atoms with Crippen LogP contribution in [0.3, 0.4) is 0 Å². The van der Waals surface area contributed by atoms with Crippen molar-refractivity contribution in [1.29, 1.82) is 0 Å². The Morgan fingerprint density at radius 2 is 2.25 bits per heavy atom. The number of amides is 1. The number of nitrogens with zero attached hydrogens (tertiary/aromatic N) is 2. The molecule has 0 aliphatic rings. The van der Waals surface area contributed by atoms with Crippen molar-refractivity contribution >= 4 is 28.6 Å². The highest BCUT2D eigenvalue weighted by Crippen LogP contribution is 2.13. The summed E-state index contributed by atoms with van der Waals surface area (Å²) >= 11 is 3.18. The van der Waals surface area contributed by atoms with Crippen molar-refractivity contribution in [3.05, 3.63) is 32.2 Å². The van der Waals surface area contributed by atoms with E-state index in [0.717, 1.165) is 29.3 Å². The van der Waals surface area contributed by atoms with E-state index in [1.807, 2.05) is 6.20 Å². The second-order valence-corrected chi connectivity index (χ2v) is 6.39. The van der Waals surface area contributed by atoms with E-state index >= 15 is 0 Å². The van der Waals surface area contributed by atoms with Gasteiger partial charge < -0.3 is 11.1 Å². The molecule has 7 heteroatoms. The molecule has 108 valence electrons. The van der Waals surface area contributed by atoms with Crippen molar-refractivity contribution in [3.63, 3.8) is 0 Å². The van der Waals surface area contributed by atoms with Crippen LogP contribution in [0.25, 0.3) is 0 Å². The van der Waals surface area contributed by atoms with Crippen LogP contribution in [0, 0.1) is 0 Å². The fourth-order valence-corrected chi connectivity index (χ4v) is 3.31. The predicted octanol–water partition coefficient (Wildman–Crippen LogP) is 1.64. The zero-order valence-electron chi connectivity index (χ0n) is 11.4. The van der Waals surface area contributed by atoms with Crippen LogP contribution in [-0.2, 0) is 19.3 Å². The van der Waals surface area contributed by atoms with E-state index in [1.54, 1.807) is 16.7 Å². The Hall–Kier alpha value is -1.31. The molecule has 0 bridgehead atoms. The molecule has 0 unspecified atom stereocenters. The van der Waals surface area contributed by atoms with Gasteiger partial charge in [0, 0.05) is 35.8 Å². The monoisotopic (exact) mass is 310 g/mol. The van der Waals surface area contributed by atoms with E-state index in [-0.39, 0.29) is 5.91 Å². The van der Waals surface area contributed by atoms with Crippen molar-refractivity contribution in [2.75, 3.05) is 13.1 Å². The van der Waals surface area contributed by atoms with Crippen LogP contribution < -0.4 is 11.1 Å². The van der Waals surface area contributed by atoms with Gasteiger partial charge in [-0.2, -0.15) is 0 Å². The molecule has 2 aromatic rings. The highest BCUT2D eigenvalue weighted by atomic mass is 32.1. The van der Waals surface area contributed by atoms with Gasteiger partial charge in [0.05, 0.1) is 10.0 Å². The van der Waals surface area contributed by atoms with Crippen molar-refractivity contribution in [2.24, 2.45) is 5.73 Å². The molecule has 0 atom stereocenters. The Labute approximate surface area is 126 Å². The minimum Gasteiger partial charge on any atom is -0.350 e. The molecule has 0 radical (unpaired) electrons. The predicted molar refractivity (Wildman–Crippen MR) is 82.4 cm³/mol. The van der Waals surface area contributed by atoms with Crippen molar-refractivity contribution in [3.8, 4) is 0 Å². The summed E-state index contributed by atoms with van der Waals surface area (Å²) in [5.74, 6) is -0.128. The lowest BCUT2D eigenvalue weighted by atomic mass is 10.4. The van der Waals surface area contributed by atoms with Gasteiger partial charge >= 0.3 is 0 Å². The van der Waals surface area contributed by atoms with Crippen LogP contribution in [0.5, 0.6) is 0 Å². The summed E-state index contributed by atoms with van der Waals surface area (Å²) in [7, 11) is 0. The normalized spacial score (nSPS) is 10.7. The van der Waals surface area contributed by atoms with E-state index in [1.165, 1.54) is 16.2 Å². The van der Waals surface area contributed by atoms with Crippen LogP contribution in [0.2, 0.25) is 0 Å². The van der Waals surface area contributed by atoms with E-state index in [9.17, 15) is 4.79 Å². The zero-order valence-corrected chi connectivity index (χ0v) is 13.0. The second kappa shape index (κ2) is 7.47. The number of aryl methyl sites for hydroxylation is 1. The molecular weight excluding hydrogens is 292 g/mol. The van der Waals surface area contributed by atoms with Crippen LogP contribution in [0.1, 0.15) is 32.3 Å². The molecule has 0 aliphatic heterocycles. The van der Waals surface area contributed by atoms with E-state index in [4.69, 9.17) is 5.73 Å². The Bertz CT molecular complexity index is 564. The van der Waals surface area contributed by atoms with Crippen molar-refractivity contribution < 1.29 is 4.79 Å². The van der Waals surface area contributed by atoms with Gasteiger partial charge in [-0.05, 0) is 13.0 Å². The van der Waals surface area contributed by atoms with Gasteiger partial charge in [0.15, 0.2) is 0 Å². The van der Waals surface area contributed by atoms with Gasteiger partial charge in [-0.1, -0.05) is 6.92 Å². The SMILES string of the molecule is CCc1cnc(CCNC(=O)c2csc(CCN)n2)s1. The molecule has 1 amide bonds. The first-order valence-electron chi connectivity index (χ1n) is 6.59. The fourth-order valence-electron chi connectivity index (χ4n) is 1.65. The van der Waals surface area contributed by atoms with Crippen molar-refractivity contribution in [2.45, 2.75) is 26.2 Å². The lowest BCUT2D eigenvalue weighted by Gasteiger charge is -2.00. The number of hydrogen-bond donors (Lipinski definition) is 2. The summed E-state index contributed by atoms with van der Waals surface area (Å²) in [4.78, 5) is 21.8. The number of thiazole rings is 2. The van der Waals surface area contributed by atoms with Gasteiger partial charge in [0.1, 0.15) is 5.69 Å². The first kappa shape index (κ1) is 15.1. The highest BCUT2D eigenvalue weighted by molar-refractivity contribution is 7.11. The van der Waals surface area contributed by atoms with Crippen LogP contribution in [0.15, 0.2) is 11.6 Å². The van der Waals surface area contributed by atoms with Gasteiger partial charge in [-0.15, -0.1) is 22.7 Å². The number of nitrogens with two attached hydrogens (primary N) is 1. The summed E-state index contributed by atoms with van der Waals surface area (Å²) in [6.07, 6.45) is 4.39. The third kappa shape index (κ3) is 4.09. The summed E-state index contributed by atoms with van der Waals surface area (Å²) in [5.41, 5.74) is 5.94. The summed E-state index contributed by atoms with van der Waals surface area (Å²) in [5, 5.41) is 6.61. The lowest BCUT2D eigenvalue weighted by molar-refractivity contribution is 0.0949. The molecule has 2 heterocycles. The molecule has 0 fully saturated rings. The second-order valence-electron chi connectivity index (χ2n) is 4.24. The maximum Gasteiger partial charge on any atom is 0.270 e. The maximum absolute atomic E-state index is 11.9. The molecule has 0 saturated carbocycles. The van der Waals surface area contributed by atoms with E-state index in [0.29, 0.717) is 18.8 Å². The summed E-state index contributed by atoms with van der Waals surface area (Å²) < 4.78 is 0. The molecule has 5 nitrogen and oxygen atoms in total. The number of rotatable bonds is 7. The first-order valence-corrected chi connectivity index (χ1v) is 8.28. The van der Waals surface area contributed by atoms with E-state index < -0.39 is 0 Å². The molecule has 0 saturated heterocycles. The third-order valence-corrected chi connectivity index (χ3v) is 4.83. The van der Waals surface area contributed by atoms with Gasteiger partial charge in [0.2, 0.25) is 0 Å². The zero-order chi connectivity index (χ0) is 14.4. The van der Waals surface area contributed by atoms with Crippen LogP contribution in [0.4, 0.5) is 0 Å². The van der Waals surface area contributed by atoms with Gasteiger partial charge in [-0.25, -0.2) is 9.97 Å². The number of carbonyl (C=O) groups excluding carboxylic acids is 1. The lowest BCUT2D eigenvalue weighted by Crippen LogP contribution is -2.26. The molecule has 0 spiro atoms.